The zero-order chi connectivity index (χ0) is 11.4. The van der Waals surface area contributed by atoms with Crippen LogP contribution in [0.25, 0.3) is 0 Å². The molecule has 0 aliphatic heterocycles. The van der Waals surface area contributed by atoms with Crippen LogP contribution in [-0.2, 0) is 0 Å². The second-order valence-corrected chi connectivity index (χ2v) is 3.73. The van der Waals surface area contributed by atoms with Gasteiger partial charge in [0.05, 0.1) is 17.9 Å². The number of rotatable bonds is 3. The minimum Gasteiger partial charge on any atom is -0.394 e. The van der Waals surface area contributed by atoms with Crippen LogP contribution in [0, 0.1) is 18.3 Å². The van der Waals surface area contributed by atoms with Gasteiger partial charge in [-0.2, -0.15) is 5.26 Å². The van der Waals surface area contributed by atoms with Gasteiger partial charge in [0.15, 0.2) is 0 Å². The highest BCUT2D eigenvalue weighted by molar-refractivity contribution is 5.64. The van der Waals surface area contributed by atoms with Gasteiger partial charge in [-0.3, -0.25) is 0 Å². The van der Waals surface area contributed by atoms with E-state index >= 15 is 0 Å². The summed E-state index contributed by atoms with van der Waals surface area (Å²) in [6.07, 6.45) is 0. The molecule has 0 aliphatic carbocycles. The average Bonchev–Trinajstić information content (AvgIpc) is 2.26. The average molecular weight is 204 g/mol. The fourth-order valence-corrected chi connectivity index (χ4v) is 1.56. The van der Waals surface area contributed by atoms with E-state index in [0.29, 0.717) is 5.56 Å². The highest BCUT2D eigenvalue weighted by Crippen LogP contribution is 2.24. The molecule has 0 radical (unpaired) electrons. The van der Waals surface area contributed by atoms with Crippen molar-refractivity contribution in [1.29, 1.82) is 5.26 Å². The Morgan fingerprint density at radius 3 is 2.73 bits per heavy atom. The smallest absolute Gasteiger partial charge is 0.101 e. The first-order valence-electron chi connectivity index (χ1n) is 4.95. The Hall–Kier alpha value is -1.53. The number of nitrogens with zero attached hydrogens (tertiary/aromatic N) is 2. The Morgan fingerprint density at radius 1 is 1.53 bits per heavy atom. The van der Waals surface area contributed by atoms with Crippen molar-refractivity contribution < 1.29 is 5.11 Å². The molecule has 0 bridgehead atoms. The zero-order valence-electron chi connectivity index (χ0n) is 9.36. The quantitative estimate of drug-likeness (QED) is 0.815. The third-order valence-corrected chi connectivity index (χ3v) is 2.64. The molecule has 1 atom stereocenters. The van der Waals surface area contributed by atoms with E-state index in [2.05, 4.69) is 6.07 Å². The van der Waals surface area contributed by atoms with Crippen molar-refractivity contribution in [2.24, 2.45) is 0 Å². The largest absolute Gasteiger partial charge is 0.394 e. The summed E-state index contributed by atoms with van der Waals surface area (Å²) in [7, 11) is 1.89. The maximum absolute atomic E-state index is 9.10. The second-order valence-electron chi connectivity index (χ2n) is 3.73. The summed E-state index contributed by atoms with van der Waals surface area (Å²) in [6, 6.07) is 7.82. The summed E-state index contributed by atoms with van der Waals surface area (Å²) in [5.74, 6) is 0. The van der Waals surface area contributed by atoms with Crippen molar-refractivity contribution in [2.45, 2.75) is 19.9 Å². The molecule has 0 fully saturated rings. The van der Waals surface area contributed by atoms with Crippen molar-refractivity contribution in [1.82, 2.24) is 0 Å². The molecular weight excluding hydrogens is 188 g/mol. The number of para-hydroxylation sites is 1. The van der Waals surface area contributed by atoms with Gasteiger partial charge >= 0.3 is 0 Å². The molecule has 3 nitrogen and oxygen atoms in total. The predicted octanol–water partition coefficient (Wildman–Crippen LogP) is 1.68. The number of aliphatic hydroxyl groups is 1. The SMILES string of the molecule is Cc1cccc(C#N)c1N(C)C(C)CO. The van der Waals surface area contributed by atoms with E-state index in [0.717, 1.165) is 11.3 Å². The van der Waals surface area contributed by atoms with Gasteiger partial charge in [-0.15, -0.1) is 0 Å². The van der Waals surface area contributed by atoms with E-state index in [1.165, 1.54) is 0 Å². The van der Waals surface area contributed by atoms with Crippen LogP contribution in [0.5, 0.6) is 0 Å². The third kappa shape index (κ3) is 2.28. The minimum atomic E-state index is 0.0122. The molecule has 0 aliphatic rings. The normalized spacial score (nSPS) is 11.9. The van der Waals surface area contributed by atoms with E-state index in [1.807, 2.05) is 37.9 Å². The highest BCUT2D eigenvalue weighted by Gasteiger charge is 2.14. The van der Waals surface area contributed by atoms with Gasteiger partial charge in [-0.1, -0.05) is 12.1 Å². The predicted molar refractivity (Wildman–Crippen MR) is 60.8 cm³/mol. The van der Waals surface area contributed by atoms with E-state index < -0.39 is 0 Å². The Kier molecular flexibility index (Phi) is 3.70. The van der Waals surface area contributed by atoms with Crippen LogP contribution in [0.15, 0.2) is 18.2 Å². The number of likely N-dealkylation sites (N-methyl/N-ethyl adjacent to an activating group) is 1. The van der Waals surface area contributed by atoms with Crippen LogP contribution < -0.4 is 4.90 Å². The maximum Gasteiger partial charge on any atom is 0.101 e. The molecule has 0 amide bonds. The molecule has 1 rings (SSSR count). The van der Waals surface area contributed by atoms with Crippen molar-refractivity contribution >= 4 is 5.69 Å². The first-order valence-corrected chi connectivity index (χ1v) is 4.95. The van der Waals surface area contributed by atoms with Gasteiger partial charge in [0.25, 0.3) is 0 Å². The fraction of sp³-hybridized carbons (Fsp3) is 0.417. The summed E-state index contributed by atoms with van der Waals surface area (Å²) >= 11 is 0. The molecule has 3 heteroatoms. The lowest BCUT2D eigenvalue weighted by Gasteiger charge is -2.27. The first-order chi connectivity index (χ1) is 7.11. The molecule has 1 unspecified atom stereocenters. The van der Waals surface area contributed by atoms with Crippen molar-refractivity contribution in [3.8, 4) is 6.07 Å². The van der Waals surface area contributed by atoms with Crippen LogP contribution in [-0.4, -0.2) is 24.8 Å². The lowest BCUT2D eigenvalue weighted by atomic mass is 10.1. The molecule has 15 heavy (non-hydrogen) atoms. The van der Waals surface area contributed by atoms with Crippen molar-refractivity contribution in [3.63, 3.8) is 0 Å². The minimum absolute atomic E-state index is 0.0122. The maximum atomic E-state index is 9.10. The zero-order valence-corrected chi connectivity index (χ0v) is 9.36. The second kappa shape index (κ2) is 4.81. The number of hydrogen-bond acceptors (Lipinski definition) is 3. The van der Waals surface area contributed by atoms with Crippen LogP contribution >= 0.6 is 0 Å². The number of hydrogen-bond donors (Lipinski definition) is 1. The van der Waals surface area contributed by atoms with Crippen LogP contribution in [0.1, 0.15) is 18.1 Å². The highest BCUT2D eigenvalue weighted by atomic mass is 16.3. The van der Waals surface area contributed by atoms with E-state index in [4.69, 9.17) is 10.4 Å². The summed E-state index contributed by atoms with van der Waals surface area (Å²) in [4.78, 5) is 1.94. The Balaban J connectivity index is 3.18. The summed E-state index contributed by atoms with van der Waals surface area (Å²) in [5, 5.41) is 18.1. The van der Waals surface area contributed by atoms with Crippen molar-refractivity contribution in [2.75, 3.05) is 18.6 Å². The lowest BCUT2D eigenvalue weighted by Crippen LogP contribution is -2.32. The molecule has 0 saturated carbocycles. The molecular formula is C12H16N2O. The van der Waals surface area contributed by atoms with Gasteiger partial charge in [0.1, 0.15) is 6.07 Å². The van der Waals surface area contributed by atoms with E-state index in [-0.39, 0.29) is 12.6 Å². The number of anilines is 1. The fourth-order valence-electron chi connectivity index (χ4n) is 1.56. The molecule has 80 valence electrons. The standard InChI is InChI=1S/C12H16N2O/c1-9-5-4-6-11(7-13)12(9)14(3)10(2)8-15/h4-6,10,15H,8H2,1-3H3. The Morgan fingerprint density at radius 2 is 2.20 bits per heavy atom. The van der Waals surface area contributed by atoms with E-state index in [9.17, 15) is 0 Å². The molecule has 0 saturated heterocycles. The molecule has 0 aromatic heterocycles. The number of nitriles is 1. The van der Waals surface area contributed by atoms with Gasteiger partial charge in [0, 0.05) is 13.1 Å². The number of aryl methyl sites for hydroxylation is 1. The summed E-state index contributed by atoms with van der Waals surface area (Å²) in [6.45, 7) is 3.97. The van der Waals surface area contributed by atoms with Gasteiger partial charge < -0.3 is 10.0 Å². The molecule has 1 N–H and O–H groups in total. The Bertz CT molecular complexity index is 382. The van der Waals surface area contributed by atoms with Gasteiger partial charge in [0.2, 0.25) is 0 Å². The lowest BCUT2D eigenvalue weighted by molar-refractivity contribution is 0.270. The summed E-state index contributed by atoms with van der Waals surface area (Å²) in [5.41, 5.74) is 2.61. The van der Waals surface area contributed by atoms with E-state index in [1.54, 1.807) is 6.07 Å². The van der Waals surface area contributed by atoms with Gasteiger partial charge in [-0.05, 0) is 25.5 Å². The van der Waals surface area contributed by atoms with Crippen molar-refractivity contribution in [3.05, 3.63) is 29.3 Å². The van der Waals surface area contributed by atoms with Crippen LogP contribution in [0.2, 0.25) is 0 Å². The van der Waals surface area contributed by atoms with Gasteiger partial charge in [-0.25, -0.2) is 0 Å². The summed E-state index contributed by atoms with van der Waals surface area (Å²) < 4.78 is 0. The van der Waals surface area contributed by atoms with Crippen LogP contribution in [0.4, 0.5) is 5.69 Å². The number of benzene rings is 1. The monoisotopic (exact) mass is 204 g/mol. The topological polar surface area (TPSA) is 47.3 Å². The molecule has 0 spiro atoms. The molecule has 1 aromatic carbocycles. The Labute approximate surface area is 90.6 Å². The first kappa shape index (κ1) is 11.5. The van der Waals surface area contributed by atoms with Crippen LogP contribution in [0.3, 0.4) is 0 Å². The molecule has 0 heterocycles. The third-order valence-electron chi connectivity index (χ3n) is 2.64. The molecule has 1 aromatic rings. The number of aliphatic hydroxyl groups excluding tert-OH is 1.